The Hall–Kier alpha value is -0.780. The lowest BCUT2D eigenvalue weighted by molar-refractivity contribution is -0.101. The van der Waals surface area contributed by atoms with E-state index >= 15 is 0 Å². The van der Waals surface area contributed by atoms with Crippen LogP contribution in [0.1, 0.15) is 65.2 Å². The van der Waals surface area contributed by atoms with E-state index in [0.29, 0.717) is 17.8 Å². The number of aliphatic hydroxyl groups is 2. The minimum atomic E-state index is -0.900. The molecule has 7 atom stereocenters. The number of hydrogen-bond acceptors (Lipinski definition) is 2. The maximum atomic E-state index is 11.0. The van der Waals surface area contributed by atoms with E-state index in [1.807, 2.05) is 0 Å². The zero-order chi connectivity index (χ0) is 16.5. The molecule has 0 amide bonds. The molecule has 0 radical (unpaired) electrons. The summed E-state index contributed by atoms with van der Waals surface area (Å²) in [4.78, 5) is 0. The van der Waals surface area contributed by atoms with Crippen LogP contribution in [0.15, 0.2) is 11.6 Å². The molecule has 0 spiro atoms. The van der Waals surface area contributed by atoms with Crippen LogP contribution >= 0.6 is 0 Å². The number of terminal acetylenes is 1. The van der Waals surface area contributed by atoms with Crippen LogP contribution in [0.25, 0.3) is 0 Å². The molecule has 0 bridgehead atoms. The van der Waals surface area contributed by atoms with Gasteiger partial charge in [-0.3, -0.25) is 0 Å². The minimum absolute atomic E-state index is 0.103. The van der Waals surface area contributed by atoms with Crippen LogP contribution in [0.3, 0.4) is 0 Å². The van der Waals surface area contributed by atoms with Gasteiger partial charge in [0.15, 0.2) is 0 Å². The first-order valence-electron chi connectivity index (χ1n) is 9.43. The molecule has 2 nitrogen and oxygen atoms in total. The Morgan fingerprint density at radius 3 is 2.57 bits per heavy atom. The molecule has 3 fully saturated rings. The van der Waals surface area contributed by atoms with Gasteiger partial charge in [0.1, 0.15) is 5.60 Å². The monoisotopic (exact) mass is 314 g/mol. The van der Waals surface area contributed by atoms with Gasteiger partial charge >= 0.3 is 0 Å². The van der Waals surface area contributed by atoms with Gasteiger partial charge in [-0.05, 0) is 74.5 Å². The molecule has 0 aromatic rings. The molecule has 0 saturated heterocycles. The van der Waals surface area contributed by atoms with Crippen molar-refractivity contribution in [2.45, 2.75) is 76.9 Å². The molecule has 2 heteroatoms. The van der Waals surface area contributed by atoms with E-state index in [0.717, 1.165) is 38.5 Å². The largest absolute Gasteiger partial charge is 0.389 e. The van der Waals surface area contributed by atoms with Crippen molar-refractivity contribution in [2.24, 2.45) is 28.6 Å². The first-order valence-corrected chi connectivity index (χ1v) is 9.43. The maximum Gasteiger partial charge on any atom is 0.130 e. The van der Waals surface area contributed by atoms with Gasteiger partial charge in [-0.1, -0.05) is 31.4 Å². The van der Waals surface area contributed by atoms with E-state index in [9.17, 15) is 10.2 Å². The molecule has 4 rings (SSSR count). The molecule has 3 saturated carbocycles. The Bertz CT molecular complexity index is 587. The van der Waals surface area contributed by atoms with Gasteiger partial charge in [0.05, 0.1) is 6.10 Å². The second-order valence-electron chi connectivity index (χ2n) is 9.13. The fraction of sp³-hybridized carbons (Fsp3) is 0.810. The Morgan fingerprint density at radius 2 is 1.83 bits per heavy atom. The third kappa shape index (κ3) is 1.90. The molecule has 4 aliphatic rings. The number of hydrogen-bond donors (Lipinski definition) is 2. The predicted octanol–water partition coefficient (Wildman–Crippen LogP) is 3.67. The number of allylic oxidation sites excluding steroid dienone is 1. The van der Waals surface area contributed by atoms with Crippen molar-refractivity contribution in [1.29, 1.82) is 0 Å². The van der Waals surface area contributed by atoms with Gasteiger partial charge < -0.3 is 10.2 Å². The minimum Gasteiger partial charge on any atom is -0.389 e. The summed E-state index contributed by atoms with van der Waals surface area (Å²) in [6.07, 6.45) is 16.1. The number of fused-ring (bicyclic) bond motifs is 5. The highest BCUT2D eigenvalue weighted by Crippen LogP contribution is 2.67. The Morgan fingerprint density at radius 1 is 1.09 bits per heavy atom. The van der Waals surface area contributed by atoms with E-state index in [1.165, 1.54) is 18.4 Å². The van der Waals surface area contributed by atoms with E-state index in [2.05, 4.69) is 25.8 Å². The van der Waals surface area contributed by atoms with Crippen LogP contribution in [0.4, 0.5) is 0 Å². The molecule has 126 valence electrons. The van der Waals surface area contributed by atoms with Gasteiger partial charge in [-0.25, -0.2) is 0 Å². The van der Waals surface area contributed by atoms with E-state index < -0.39 is 5.60 Å². The lowest BCUT2D eigenvalue weighted by Crippen LogP contribution is -2.54. The van der Waals surface area contributed by atoms with Crippen molar-refractivity contribution in [1.82, 2.24) is 0 Å². The maximum absolute atomic E-state index is 11.0. The Kier molecular flexibility index (Phi) is 3.33. The first-order chi connectivity index (χ1) is 10.8. The summed E-state index contributed by atoms with van der Waals surface area (Å²) in [7, 11) is 0. The van der Waals surface area contributed by atoms with Gasteiger partial charge in [0.25, 0.3) is 0 Å². The molecular formula is C21H30O2. The molecule has 0 heterocycles. The predicted molar refractivity (Wildman–Crippen MR) is 91.5 cm³/mol. The highest BCUT2D eigenvalue weighted by atomic mass is 16.3. The van der Waals surface area contributed by atoms with Crippen LogP contribution in [0.2, 0.25) is 0 Å². The Labute approximate surface area is 140 Å². The molecule has 2 N–H and O–H groups in total. The van der Waals surface area contributed by atoms with E-state index in [4.69, 9.17) is 6.42 Å². The van der Waals surface area contributed by atoms with E-state index in [-0.39, 0.29) is 16.9 Å². The molecule has 0 aromatic carbocycles. The summed E-state index contributed by atoms with van der Waals surface area (Å²) < 4.78 is 0. The van der Waals surface area contributed by atoms with Crippen LogP contribution < -0.4 is 0 Å². The second-order valence-corrected chi connectivity index (χ2v) is 9.13. The average Bonchev–Trinajstić information content (AvgIpc) is 2.80. The van der Waals surface area contributed by atoms with Crippen LogP contribution in [0, 0.1) is 40.9 Å². The summed E-state index contributed by atoms with van der Waals surface area (Å²) in [5, 5.41) is 21.0. The second kappa shape index (κ2) is 4.87. The van der Waals surface area contributed by atoms with Crippen molar-refractivity contribution in [2.75, 3.05) is 0 Å². The van der Waals surface area contributed by atoms with Crippen LogP contribution in [0.5, 0.6) is 0 Å². The van der Waals surface area contributed by atoms with Crippen molar-refractivity contribution in [3.63, 3.8) is 0 Å². The molecule has 0 aliphatic heterocycles. The van der Waals surface area contributed by atoms with E-state index in [1.54, 1.807) is 0 Å². The summed E-state index contributed by atoms with van der Waals surface area (Å²) in [6.45, 7) is 4.69. The molecular weight excluding hydrogens is 284 g/mol. The zero-order valence-corrected chi connectivity index (χ0v) is 14.5. The number of aliphatic hydroxyl groups excluding tert-OH is 1. The molecule has 3 unspecified atom stereocenters. The summed E-state index contributed by atoms with van der Waals surface area (Å²) >= 11 is 0. The fourth-order valence-corrected chi connectivity index (χ4v) is 6.96. The summed E-state index contributed by atoms with van der Waals surface area (Å²) in [6, 6.07) is 0. The Balaban J connectivity index is 1.69. The smallest absolute Gasteiger partial charge is 0.130 e. The molecule has 4 aliphatic carbocycles. The topological polar surface area (TPSA) is 40.5 Å². The quantitative estimate of drug-likeness (QED) is 0.529. The SMILES string of the molecule is C#C[C@]1(O)CCC2C3CCC4=C[C@@H](O)CC[C@]4(C)C3CC[C@@]21C. The average molecular weight is 314 g/mol. The normalized spacial score (nSPS) is 55.2. The van der Waals surface area contributed by atoms with Gasteiger partial charge in [0, 0.05) is 5.41 Å². The van der Waals surface area contributed by atoms with Gasteiger partial charge in [-0.15, -0.1) is 6.42 Å². The zero-order valence-electron chi connectivity index (χ0n) is 14.5. The third-order valence-electron chi connectivity index (χ3n) is 8.48. The lowest BCUT2D eigenvalue weighted by atomic mass is 9.46. The lowest BCUT2D eigenvalue weighted by Gasteiger charge is -2.59. The highest BCUT2D eigenvalue weighted by molar-refractivity contribution is 5.28. The molecule has 23 heavy (non-hydrogen) atoms. The van der Waals surface area contributed by atoms with Gasteiger partial charge in [0.2, 0.25) is 0 Å². The standard InChI is InChI=1S/C21H30O2/c1-4-21(23)12-9-18-16-6-5-14-13-15(22)7-10-19(14,2)17(16)8-11-20(18,21)3/h1,13,15-18,22-23H,5-12H2,2-3H3/t15-,16?,17?,18?,19-,20-,21-/m0/s1. The van der Waals surface area contributed by atoms with Crippen molar-refractivity contribution in [3.8, 4) is 12.3 Å². The summed E-state index contributed by atoms with van der Waals surface area (Å²) in [5.41, 5.74) is 0.767. The van der Waals surface area contributed by atoms with Crippen molar-refractivity contribution < 1.29 is 10.2 Å². The van der Waals surface area contributed by atoms with Gasteiger partial charge in [-0.2, -0.15) is 0 Å². The van der Waals surface area contributed by atoms with Crippen LogP contribution in [-0.4, -0.2) is 21.9 Å². The molecule has 0 aromatic heterocycles. The number of rotatable bonds is 0. The highest BCUT2D eigenvalue weighted by Gasteiger charge is 2.63. The van der Waals surface area contributed by atoms with Crippen molar-refractivity contribution in [3.05, 3.63) is 11.6 Å². The fourth-order valence-electron chi connectivity index (χ4n) is 6.96. The first kappa shape index (κ1) is 15.7. The third-order valence-corrected chi connectivity index (χ3v) is 8.48. The summed E-state index contributed by atoms with van der Waals surface area (Å²) in [5.74, 6) is 4.71. The van der Waals surface area contributed by atoms with Crippen molar-refractivity contribution >= 4 is 0 Å². The van der Waals surface area contributed by atoms with Crippen LogP contribution in [-0.2, 0) is 0 Å².